The lowest BCUT2D eigenvalue weighted by atomic mass is 10.2. The van der Waals surface area contributed by atoms with Crippen LogP contribution in [0, 0.1) is 0 Å². The number of methoxy groups -OCH3 is 1. The van der Waals surface area contributed by atoms with Crippen molar-refractivity contribution in [1.82, 2.24) is 0 Å². The maximum Gasteiger partial charge on any atom is 0.326 e. The third-order valence-electron chi connectivity index (χ3n) is 2.10. The van der Waals surface area contributed by atoms with Crippen molar-refractivity contribution in [1.29, 1.82) is 0 Å². The Balaban J connectivity index is 2.64. The molecule has 88 valence electrons. The summed E-state index contributed by atoms with van der Waals surface area (Å²) in [5.41, 5.74) is 5.62. The predicted molar refractivity (Wildman–Crippen MR) is 61.5 cm³/mol. The second-order valence-corrected chi connectivity index (χ2v) is 3.77. The van der Waals surface area contributed by atoms with E-state index in [1.807, 2.05) is 0 Å². The number of nitrogens with two attached hydrogens (primary N) is 1. The van der Waals surface area contributed by atoms with E-state index in [0.29, 0.717) is 10.8 Å². The fraction of sp³-hybridized carbons (Fsp3) is 0.364. The Morgan fingerprint density at radius 1 is 1.50 bits per heavy atom. The van der Waals surface area contributed by atoms with Crippen LogP contribution in [0.25, 0.3) is 0 Å². The number of hydrogen-bond acceptors (Lipinski definition) is 4. The Hall–Kier alpha value is -1.26. The van der Waals surface area contributed by atoms with Gasteiger partial charge in [0.25, 0.3) is 0 Å². The summed E-state index contributed by atoms with van der Waals surface area (Å²) < 4.78 is 9.99. The van der Waals surface area contributed by atoms with Crippen LogP contribution in [0.4, 0.5) is 0 Å². The van der Waals surface area contributed by atoms with Gasteiger partial charge >= 0.3 is 5.97 Å². The van der Waals surface area contributed by atoms with Crippen molar-refractivity contribution < 1.29 is 14.3 Å². The molecule has 16 heavy (non-hydrogen) atoms. The maximum atomic E-state index is 11.2. The average Bonchev–Trinajstić information content (AvgIpc) is 2.27. The van der Waals surface area contributed by atoms with Crippen LogP contribution in [-0.2, 0) is 9.53 Å². The molecule has 0 radical (unpaired) electrons. The molecule has 1 aromatic rings. The average molecular weight is 244 g/mol. The summed E-state index contributed by atoms with van der Waals surface area (Å²) in [5, 5.41) is 0.566. The molecular formula is C11H14ClNO3. The van der Waals surface area contributed by atoms with Crippen molar-refractivity contribution in [3.63, 3.8) is 0 Å². The fourth-order valence-electron chi connectivity index (χ4n) is 1.16. The molecule has 0 spiro atoms. The smallest absolute Gasteiger partial charge is 0.326 e. The van der Waals surface area contributed by atoms with Crippen LogP contribution < -0.4 is 10.5 Å². The van der Waals surface area contributed by atoms with Gasteiger partial charge in [-0.15, -0.1) is 0 Å². The van der Waals surface area contributed by atoms with Gasteiger partial charge in [-0.25, -0.2) is 0 Å². The summed E-state index contributed by atoms with van der Waals surface area (Å²) in [6.07, 6.45) is -0.481. The van der Waals surface area contributed by atoms with E-state index in [-0.39, 0.29) is 0 Å². The number of esters is 1. The summed E-state index contributed by atoms with van der Waals surface area (Å²) in [4.78, 5) is 11.2. The standard InChI is InChI=1S/C11H14ClNO3/c1-7(10(13)11(14)15-2)16-9-5-3-4-8(12)6-9/h3-7,10H,13H2,1-2H3. The number of benzene rings is 1. The quantitative estimate of drug-likeness (QED) is 0.817. The minimum absolute atomic E-state index is 0.481. The van der Waals surface area contributed by atoms with Crippen LogP contribution in [0.3, 0.4) is 0 Å². The zero-order valence-corrected chi connectivity index (χ0v) is 9.90. The molecule has 0 amide bonds. The first kappa shape index (κ1) is 12.8. The van der Waals surface area contributed by atoms with Crippen molar-refractivity contribution >= 4 is 17.6 Å². The summed E-state index contributed by atoms with van der Waals surface area (Å²) in [5.74, 6) is 0.0638. The van der Waals surface area contributed by atoms with Gasteiger partial charge in [-0.2, -0.15) is 0 Å². The van der Waals surface area contributed by atoms with Crippen LogP contribution in [0.2, 0.25) is 5.02 Å². The second kappa shape index (κ2) is 5.72. The molecule has 1 aromatic carbocycles. The minimum atomic E-state index is -0.816. The molecule has 0 saturated carbocycles. The van der Waals surface area contributed by atoms with Gasteiger partial charge in [0, 0.05) is 5.02 Å². The molecule has 0 fully saturated rings. The van der Waals surface area contributed by atoms with Crippen LogP contribution >= 0.6 is 11.6 Å². The number of rotatable bonds is 4. The Labute approximate surface area is 99.3 Å². The molecule has 2 N–H and O–H groups in total. The van der Waals surface area contributed by atoms with Gasteiger partial charge in [-0.05, 0) is 25.1 Å². The number of halogens is 1. The predicted octanol–water partition coefficient (Wildman–Crippen LogP) is 1.61. The highest BCUT2D eigenvalue weighted by Crippen LogP contribution is 2.18. The Kier molecular flexibility index (Phi) is 4.58. The van der Waals surface area contributed by atoms with Gasteiger partial charge in [0.05, 0.1) is 7.11 Å². The van der Waals surface area contributed by atoms with Crippen LogP contribution in [-0.4, -0.2) is 25.2 Å². The maximum absolute atomic E-state index is 11.2. The van der Waals surface area contributed by atoms with E-state index in [4.69, 9.17) is 22.1 Å². The molecule has 0 saturated heterocycles. The van der Waals surface area contributed by atoms with E-state index in [9.17, 15) is 4.79 Å². The number of hydrogen-bond donors (Lipinski definition) is 1. The molecule has 4 nitrogen and oxygen atoms in total. The van der Waals surface area contributed by atoms with Crippen molar-refractivity contribution in [2.75, 3.05) is 7.11 Å². The van der Waals surface area contributed by atoms with Crippen LogP contribution in [0.1, 0.15) is 6.92 Å². The lowest BCUT2D eigenvalue weighted by Gasteiger charge is -2.19. The zero-order chi connectivity index (χ0) is 12.1. The fourth-order valence-corrected chi connectivity index (χ4v) is 1.34. The number of ether oxygens (including phenoxy) is 2. The van der Waals surface area contributed by atoms with Crippen LogP contribution in [0.5, 0.6) is 5.75 Å². The Bertz CT molecular complexity index is 370. The van der Waals surface area contributed by atoms with E-state index in [2.05, 4.69) is 4.74 Å². The third-order valence-corrected chi connectivity index (χ3v) is 2.33. The lowest BCUT2D eigenvalue weighted by Crippen LogP contribution is -2.44. The highest BCUT2D eigenvalue weighted by molar-refractivity contribution is 6.30. The zero-order valence-electron chi connectivity index (χ0n) is 9.14. The van der Waals surface area contributed by atoms with E-state index in [1.165, 1.54) is 7.11 Å². The second-order valence-electron chi connectivity index (χ2n) is 3.33. The third kappa shape index (κ3) is 3.40. The first-order valence-corrected chi connectivity index (χ1v) is 5.18. The van der Waals surface area contributed by atoms with E-state index < -0.39 is 18.1 Å². The molecule has 0 bridgehead atoms. The van der Waals surface area contributed by atoms with Crippen molar-refractivity contribution in [3.8, 4) is 5.75 Å². The minimum Gasteiger partial charge on any atom is -0.488 e. The lowest BCUT2D eigenvalue weighted by molar-refractivity contribution is -0.144. The number of carbonyl (C=O) groups excluding carboxylic acids is 1. The van der Waals surface area contributed by atoms with Gasteiger partial charge < -0.3 is 15.2 Å². The van der Waals surface area contributed by atoms with Gasteiger partial charge in [0.1, 0.15) is 17.9 Å². The molecule has 0 aliphatic carbocycles. The Morgan fingerprint density at radius 2 is 2.19 bits per heavy atom. The van der Waals surface area contributed by atoms with Gasteiger partial charge in [0.2, 0.25) is 0 Å². The van der Waals surface area contributed by atoms with Gasteiger partial charge in [0.15, 0.2) is 0 Å². The largest absolute Gasteiger partial charge is 0.488 e. The first-order valence-electron chi connectivity index (χ1n) is 4.80. The highest BCUT2D eigenvalue weighted by atomic mass is 35.5. The van der Waals surface area contributed by atoms with Crippen molar-refractivity contribution in [3.05, 3.63) is 29.3 Å². The molecule has 0 aliphatic heterocycles. The summed E-state index contributed by atoms with van der Waals surface area (Å²) in [6, 6.07) is 6.07. The van der Waals surface area contributed by atoms with Gasteiger partial charge in [-0.3, -0.25) is 4.79 Å². The first-order chi connectivity index (χ1) is 7.54. The number of carbonyl (C=O) groups is 1. The molecule has 2 unspecified atom stereocenters. The monoisotopic (exact) mass is 243 g/mol. The van der Waals surface area contributed by atoms with E-state index in [1.54, 1.807) is 31.2 Å². The van der Waals surface area contributed by atoms with Crippen molar-refractivity contribution in [2.24, 2.45) is 5.73 Å². The molecule has 0 aliphatic rings. The van der Waals surface area contributed by atoms with Crippen LogP contribution in [0.15, 0.2) is 24.3 Å². The van der Waals surface area contributed by atoms with Crippen molar-refractivity contribution in [2.45, 2.75) is 19.1 Å². The molecule has 0 heterocycles. The van der Waals surface area contributed by atoms with Gasteiger partial charge in [-0.1, -0.05) is 17.7 Å². The SMILES string of the molecule is COC(=O)C(N)C(C)Oc1cccc(Cl)c1. The summed E-state index contributed by atoms with van der Waals surface area (Å²) in [6.45, 7) is 1.70. The molecule has 5 heteroatoms. The molecule has 0 aromatic heterocycles. The van der Waals surface area contributed by atoms with E-state index in [0.717, 1.165) is 0 Å². The molecule has 1 rings (SSSR count). The highest BCUT2D eigenvalue weighted by Gasteiger charge is 2.23. The molecule has 2 atom stereocenters. The summed E-state index contributed by atoms with van der Waals surface area (Å²) >= 11 is 5.79. The molecular weight excluding hydrogens is 230 g/mol. The van der Waals surface area contributed by atoms with E-state index >= 15 is 0 Å². The summed E-state index contributed by atoms with van der Waals surface area (Å²) in [7, 11) is 1.29. The normalized spacial score (nSPS) is 14.0. The Morgan fingerprint density at radius 3 is 2.75 bits per heavy atom. The topological polar surface area (TPSA) is 61.5 Å².